The molecule has 1 amide bonds. The first-order chi connectivity index (χ1) is 8.91. The first kappa shape index (κ1) is 15.0. The average molecular weight is 286 g/mol. The maximum atomic E-state index is 12.1. The van der Waals surface area contributed by atoms with Crippen LogP contribution in [0.1, 0.15) is 16.8 Å². The van der Waals surface area contributed by atoms with Gasteiger partial charge in [0.05, 0.1) is 17.0 Å². The molecule has 2 N–H and O–H groups in total. The van der Waals surface area contributed by atoms with Gasteiger partial charge in [0, 0.05) is 6.54 Å². The predicted octanol–water partition coefficient (Wildman–Crippen LogP) is 1.34. The number of carboxylic acid groups (broad SMARTS) is 2. The van der Waals surface area contributed by atoms with Crippen LogP contribution < -0.4 is 0 Å². The molecule has 7 heteroatoms. The Balaban J connectivity index is 2.90. The highest BCUT2D eigenvalue weighted by atomic mass is 35.5. The van der Waals surface area contributed by atoms with Crippen molar-refractivity contribution in [3.05, 3.63) is 34.9 Å². The second-order valence-electron chi connectivity index (χ2n) is 3.74. The molecule has 0 saturated heterocycles. The molecular weight excluding hydrogens is 274 g/mol. The molecule has 1 aromatic rings. The zero-order chi connectivity index (χ0) is 14.4. The van der Waals surface area contributed by atoms with Crippen molar-refractivity contribution >= 4 is 29.4 Å². The summed E-state index contributed by atoms with van der Waals surface area (Å²) in [5.74, 6) is -2.93. The minimum Gasteiger partial charge on any atom is -0.481 e. The summed E-state index contributed by atoms with van der Waals surface area (Å²) in [6.45, 7) is -0.761. The van der Waals surface area contributed by atoms with E-state index in [2.05, 4.69) is 0 Å². The zero-order valence-electron chi connectivity index (χ0n) is 9.88. The number of carbonyl (C=O) groups excluding carboxylic acids is 1. The van der Waals surface area contributed by atoms with Gasteiger partial charge >= 0.3 is 11.9 Å². The fourth-order valence-corrected chi connectivity index (χ4v) is 1.67. The van der Waals surface area contributed by atoms with Crippen molar-refractivity contribution in [1.29, 1.82) is 0 Å². The number of halogens is 1. The first-order valence-corrected chi connectivity index (χ1v) is 5.77. The summed E-state index contributed by atoms with van der Waals surface area (Å²) in [6, 6.07) is 6.19. The molecule has 0 unspecified atom stereocenters. The Morgan fingerprint density at radius 1 is 1.11 bits per heavy atom. The molecule has 19 heavy (non-hydrogen) atoms. The fourth-order valence-electron chi connectivity index (χ4n) is 1.45. The van der Waals surface area contributed by atoms with Crippen LogP contribution in [0.5, 0.6) is 0 Å². The number of rotatable bonds is 6. The minimum absolute atomic E-state index is 0.149. The molecule has 0 aliphatic rings. The lowest BCUT2D eigenvalue weighted by Crippen LogP contribution is -2.37. The summed E-state index contributed by atoms with van der Waals surface area (Å²) >= 11 is 5.85. The number of hydrogen-bond acceptors (Lipinski definition) is 3. The van der Waals surface area contributed by atoms with E-state index in [4.69, 9.17) is 21.8 Å². The maximum absolute atomic E-state index is 12.1. The molecule has 102 valence electrons. The Labute approximate surface area is 114 Å². The fraction of sp³-hybridized carbons (Fsp3) is 0.250. The van der Waals surface area contributed by atoms with E-state index in [1.165, 1.54) is 12.1 Å². The largest absolute Gasteiger partial charge is 0.481 e. The standard InChI is InChI=1S/C12H12ClNO5/c13-9-4-2-1-3-8(9)12(19)14(7-11(17)18)6-5-10(15)16/h1-4H,5-7H2,(H,15,16)(H,17,18). The van der Waals surface area contributed by atoms with Crippen LogP contribution in [0.25, 0.3) is 0 Å². The molecule has 1 aromatic carbocycles. The number of carbonyl (C=O) groups is 3. The van der Waals surface area contributed by atoms with Crippen molar-refractivity contribution in [3.63, 3.8) is 0 Å². The number of benzene rings is 1. The van der Waals surface area contributed by atoms with Gasteiger partial charge in [0.2, 0.25) is 0 Å². The van der Waals surface area contributed by atoms with E-state index in [0.29, 0.717) is 0 Å². The molecule has 0 fully saturated rings. The van der Waals surface area contributed by atoms with Crippen LogP contribution in [-0.2, 0) is 9.59 Å². The first-order valence-electron chi connectivity index (χ1n) is 5.39. The molecule has 0 aliphatic carbocycles. The Morgan fingerprint density at radius 3 is 2.26 bits per heavy atom. The summed E-state index contributed by atoms with van der Waals surface area (Å²) in [5, 5.41) is 17.5. The van der Waals surface area contributed by atoms with Gasteiger partial charge in [-0.05, 0) is 12.1 Å². The molecular formula is C12H12ClNO5. The summed E-state index contributed by atoms with van der Waals surface area (Å²) in [4.78, 5) is 34.2. The minimum atomic E-state index is -1.22. The van der Waals surface area contributed by atoms with Crippen LogP contribution in [0.15, 0.2) is 24.3 Å². The number of carboxylic acids is 2. The van der Waals surface area contributed by atoms with Crippen LogP contribution >= 0.6 is 11.6 Å². The predicted molar refractivity (Wildman–Crippen MR) is 67.2 cm³/mol. The monoisotopic (exact) mass is 285 g/mol. The third-order valence-electron chi connectivity index (χ3n) is 2.31. The molecule has 0 spiro atoms. The van der Waals surface area contributed by atoms with Crippen molar-refractivity contribution in [1.82, 2.24) is 4.90 Å². The molecule has 0 saturated carbocycles. The normalized spacial score (nSPS) is 9.95. The van der Waals surface area contributed by atoms with Gasteiger partial charge in [-0.3, -0.25) is 14.4 Å². The van der Waals surface area contributed by atoms with Gasteiger partial charge in [-0.1, -0.05) is 23.7 Å². The van der Waals surface area contributed by atoms with Gasteiger partial charge in [0.1, 0.15) is 6.54 Å². The highest BCUT2D eigenvalue weighted by molar-refractivity contribution is 6.33. The summed E-state index contributed by atoms with van der Waals surface area (Å²) < 4.78 is 0. The van der Waals surface area contributed by atoms with Crippen LogP contribution in [-0.4, -0.2) is 46.0 Å². The lowest BCUT2D eigenvalue weighted by Gasteiger charge is -2.20. The summed E-state index contributed by atoms with van der Waals surface area (Å²) in [7, 11) is 0. The van der Waals surface area contributed by atoms with E-state index in [1.54, 1.807) is 12.1 Å². The van der Waals surface area contributed by atoms with Crippen molar-refractivity contribution in [2.45, 2.75) is 6.42 Å². The molecule has 0 heterocycles. The van der Waals surface area contributed by atoms with Gasteiger partial charge in [0.25, 0.3) is 5.91 Å². The molecule has 0 radical (unpaired) electrons. The van der Waals surface area contributed by atoms with Crippen LogP contribution in [0.2, 0.25) is 5.02 Å². The summed E-state index contributed by atoms with van der Waals surface area (Å²) in [6.07, 6.45) is -0.330. The zero-order valence-corrected chi connectivity index (χ0v) is 10.6. The van der Waals surface area contributed by atoms with E-state index in [0.717, 1.165) is 4.90 Å². The Hall–Kier alpha value is -2.08. The van der Waals surface area contributed by atoms with Gasteiger partial charge < -0.3 is 15.1 Å². The second-order valence-corrected chi connectivity index (χ2v) is 4.15. The average Bonchev–Trinajstić information content (AvgIpc) is 2.33. The molecule has 6 nitrogen and oxygen atoms in total. The van der Waals surface area contributed by atoms with E-state index >= 15 is 0 Å². The number of aliphatic carboxylic acids is 2. The lowest BCUT2D eigenvalue weighted by atomic mass is 10.2. The van der Waals surface area contributed by atoms with Crippen LogP contribution in [0, 0.1) is 0 Å². The van der Waals surface area contributed by atoms with Gasteiger partial charge in [-0.25, -0.2) is 0 Å². The number of hydrogen-bond donors (Lipinski definition) is 2. The number of nitrogens with zero attached hydrogens (tertiary/aromatic N) is 1. The van der Waals surface area contributed by atoms with E-state index < -0.39 is 24.4 Å². The SMILES string of the molecule is O=C(O)CCN(CC(=O)O)C(=O)c1ccccc1Cl. The van der Waals surface area contributed by atoms with Gasteiger partial charge in [-0.15, -0.1) is 0 Å². The quantitative estimate of drug-likeness (QED) is 0.822. The van der Waals surface area contributed by atoms with Crippen LogP contribution in [0.3, 0.4) is 0 Å². The van der Waals surface area contributed by atoms with Gasteiger partial charge in [-0.2, -0.15) is 0 Å². The van der Waals surface area contributed by atoms with Crippen LogP contribution in [0.4, 0.5) is 0 Å². The lowest BCUT2D eigenvalue weighted by molar-refractivity contribution is -0.140. The van der Waals surface area contributed by atoms with Crippen molar-refractivity contribution in [3.8, 4) is 0 Å². The molecule has 0 aromatic heterocycles. The molecule has 1 rings (SSSR count). The highest BCUT2D eigenvalue weighted by Crippen LogP contribution is 2.17. The van der Waals surface area contributed by atoms with E-state index in [-0.39, 0.29) is 23.6 Å². The number of amides is 1. The van der Waals surface area contributed by atoms with E-state index in [9.17, 15) is 14.4 Å². The van der Waals surface area contributed by atoms with Crippen molar-refractivity contribution in [2.24, 2.45) is 0 Å². The molecule has 0 bridgehead atoms. The third kappa shape index (κ3) is 4.59. The summed E-state index contributed by atoms with van der Waals surface area (Å²) in [5.41, 5.74) is 0.149. The van der Waals surface area contributed by atoms with Crippen molar-refractivity contribution < 1.29 is 24.6 Å². The van der Waals surface area contributed by atoms with Crippen molar-refractivity contribution in [2.75, 3.05) is 13.1 Å². The Morgan fingerprint density at radius 2 is 1.74 bits per heavy atom. The Bertz CT molecular complexity index is 503. The van der Waals surface area contributed by atoms with E-state index in [1.807, 2.05) is 0 Å². The smallest absolute Gasteiger partial charge is 0.323 e. The topological polar surface area (TPSA) is 94.9 Å². The Kier molecular flexibility index (Phi) is 5.32. The third-order valence-corrected chi connectivity index (χ3v) is 2.64. The second kappa shape index (κ2) is 6.75. The highest BCUT2D eigenvalue weighted by Gasteiger charge is 2.21. The maximum Gasteiger partial charge on any atom is 0.323 e. The van der Waals surface area contributed by atoms with Gasteiger partial charge in [0.15, 0.2) is 0 Å². The molecule has 0 aliphatic heterocycles. The molecule has 0 atom stereocenters.